The Kier molecular flexibility index (Phi) is 5.67. The fourth-order valence-electron chi connectivity index (χ4n) is 3.31. The van der Waals surface area contributed by atoms with Crippen LogP contribution in [-0.2, 0) is 32.6 Å². The van der Waals surface area contributed by atoms with Crippen LogP contribution in [0.1, 0.15) is 12.6 Å². The van der Waals surface area contributed by atoms with E-state index in [2.05, 4.69) is 30.1 Å². The van der Waals surface area contributed by atoms with Crippen LogP contribution in [0.3, 0.4) is 0 Å². The third-order valence-corrected chi connectivity index (χ3v) is 6.72. The second kappa shape index (κ2) is 8.23. The van der Waals surface area contributed by atoms with Gasteiger partial charge in [-0.3, -0.25) is 4.79 Å². The van der Waals surface area contributed by atoms with Crippen LogP contribution in [0.25, 0.3) is 28.1 Å². The molecule has 34 heavy (non-hydrogen) atoms. The molecule has 0 unspecified atom stereocenters. The van der Waals surface area contributed by atoms with Crippen LogP contribution in [0, 0.1) is 0 Å². The van der Waals surface area contributed by atoms with E-state index < -0.39 is 27.7 Å². The highest BCUT2D eigenvalue weighted by Gasteiger charge is 2.34. The SMILES string of the molecule is CCS(=O)(=O)c1nn2c(NCC(=O)OC)ccnc2c1-c1nc2cc(C(F)(F)F)ncc2n1C. The summed E-state index contributed by atoms with van der Waals surface area (Å²) in [4.78, 5) is 23.5. The average Bonchev–Trinajstić information content (AvgIpc) is 3.35. The van der Waals surface area contributed by atoms with Crippen molar-refractivity contribution in [2.75, 3.05) is 24.7 Å². The molecular weight excluding hydrogens is 479 g/mol. The number of aromatic nitrogens is 6. The molecule has 0 amide bonds. The lowest BCUT2D eigenvalue weighted by atomic mass is 10.3. The third-order valence-electron chi connectivity index (χ3n) is 5.08. The quantitative estimate of drug-likeness (QED) is 0.398. The molecule has 0 aliphatic heterocycles. The van der Waals surface area contributed by atoms with E-state index in [1.807, 2.05) is 0 Å². The van der Waals surface area contributed by atoms with Gasteiger partial charge < -0.3 is 14.6 Å². The summed E-state index contributed by atoms with van der Waals surface area (Å²) in [5, 5.41) is 6.65. The summed E-state index contributed by atoms with van der Waals surface area (Å²) < 4.78 is 72.4. The lowest BCUT2D eigenvalue weighted by molar-refractivity contribution is -0.141. The van der Waals surface area contributed by atoms with Gasteiger partial charge in [0.15, 0.2) is 20.5 Å². The van der Waals surface area contributed by atoms with Gasteiger partial charge in [-0.1, -0.05) is 6.92 Å². The lowest BCUT2D eigenvalue weighted by Gasteiger charge is -2.07. The van der Waals surface area contributed by atoms with Crippen molar-refractivity contribution in [3.05, 3.63) is 30.2 Å². The van der Waals surface area contributed by atoms with Gasteiger partial charge in [-0.05, 0) is 12.1 Å². The maximum absolute atomic E-state index is 13.1. The molecular formula is C19H18F3N7O4S. The molecule has 0 bridgehead atoms. The molecule has 0 radical (unpaired) electrons. The Bertz CT molecular complexity index is 1530. The Morgan fingerprint density at radius 1 is 1.26 bits per heavy atom. The number of carbonyl (C=O) groups excluding carboxylic acids is 1. The molecule has 0 spiro atoms. The molecule has 4 aromatic rings. The zero-order chi connectivity index (χ0) is 24.8. The van der Waals surface area contributed by atoms with Gasteiger partial charge in [0.25, 0.3) is 0 Å². The standard InChI is InChI=1S/C19H18F3N7O4S/c1-4-34(31,32)18-15(16-23-6-5-13(29(16)27-18)25-9-14(30)33-3)17-26-10-7-12(19(20,21)22)24-8-11(10)28(17)2/h5-8,25H,4,9H2,1-3H3. The minimum Gasteiger partial charge on any atom is -0.468 e. The Morgan fingerprint density at radius 2 is 2.00 bits per heavy atom. The van der Waals surface area contributed by atoms with Gasteiger partial charge in [0.2, 0.25) is 0 Å². The summed E-state index contributed by atoms with van der Waals surface area (Å²) in [7, 11) is -1.18. The van der Waals surface area contributed by atoms with Crippen LogP contribution >= 0.6 is 0 Å². The molecule has 4 heterocycles. The number of imidazole rings is 1. The van der Waals surface area contributed by atoms with Gasteiger partial charge in [0, 0.05) is 13.2 Å². The lowest BCUT2D eigenvalue weighted by Crippen LogP contribution is -2.17. The Balaban J connectivity index is 1.99. The number of sulfone groups is 1. The number of fused-ring (bicyclic) bond motifs is 2. The third kappa shape index (κ3) is 3.91. The molecule has 4 rings (SSSR count). The van der Waals surface area contributed by atoms with Gasteiger partial charge in [0.05, 0.1) is 30.1 Å². The normalized spacial score (nSPS) is 12.4. The molecule has 4 aromatic heterocycles. The first-order chi connectivity index (χ1) is 16.0. The minimum atomic E-state index is -4.67. The Morgan fingerprint density at radius 3 is 2.65 bits per heavy atom. The van der Waals surface area contributed by atoms with Crippen molar-refractivity contribution in [1.29, 1.82) is 0 Å². The Hall–Kier alpha value is -3.75. The number of hydrogen-bond donors (Lipinski definition) is 1. The highest BCUT2D eigenvalue weighted by atomic mass is 32.2. The first kappa shape index (κ1) is 23.4. The van der Waals surface area contributed by atoms with Crippen LogP contribution in [0.5, 0.6) is 0 Å². The molecule has 0 aromatic carbocycles. The van der Waals surface area contributed by atoms with Crippen molar-refractivity contribution in [3.63, 3.8) is 0 Å². The van der Waals surface area contributed by atoms with Crippen molar-refractivity contribution >= 4 is 38.3 Å². The number of alkyl halides is 3. The number of nitrogens with zero attached hydrogens (tertiary/aromatic N) is 6. The summed E-state index contributed by atoms with van der Waals surface area (Å²) in [5.41, 5.74) is -0.820. The maximum atomic E-state index is 13.1. The number of anilines is 1. The fourth-order valence-corrected chi connectivity index (χ4v) is 4.29. The van der Waals surface area contributed by atoms with E-state index in [-0.39, 0.29) is 51.2 Å². The van der Waals surface area contributed by atoms with Crippen molar-refractivity contribution in [1.82, 2.24) is 29.1 Å². The Labute approximate surface area is 190 Å². The highest BCUT2D eigenvalue weighted by Crippen LogP contribution is 2.35. The number of esters is 1. The van der Waals surface area contributed by atoms with E-state index in [0.29, 0.717) is 0 Å². The van der Waals surface area contributed by atoms with Crippen molar-refractivity contribution in [3.8, 4) is 11.4 Å². The number of rotatable bonds is 6. The maximum Gasteiger partial charge on any atom is 0.433 e. The summed E-state index contributed by atoms with van der Waals surface area (Å²) in [6.07, 6.45) is -2.28. The summed E-state index contributed by atoms with van der Waals surface area (Å²) in [6.45, 7) is 1.21. The molecule has 0 saturated heterocycles. The molecule has 0 fully saturated rings. The number of hydrogen-bond acceptors (Lipinski definition) is 9. The van der Waals surface area contributed by atoms with Gasteiger partial charge in [-0.2, -0.15) is 22.8 Å². The molecule has 1 N–H and O–H groups in total. The summed E-state index contributed by atoms with van der Waals surface area (Å²) in [5.74, 6) is -0.578. The second-order valence-corrected chi connectivity index (χ2v) is 9.32. The zero-order valence-corrected chi connectivity index (χ0v) is 18.9. The molecule has 0 aliphatic carbocycles. The number of aryl methyl sites for hydroxylation is 1. The van der Waals surface area contributed by atoms with Crippen LogP contribution in [0.15, 0.2) is 29.6 Å². The first-order valence-electron chi connectivity index (χ1n) is 9.79. The molecule has 0 atom stereocenters. The molecule has 0 saturated carbocycles. The van der Waals surface area contributed by atoms with Crippen LogP contribution < -0.4 is 5.32 Å². The predicted molar refractivity (Wildman–Crippen MR) is 114 cm³/mol. The smallest absolute Gasteiger partial charge is 0.433 e. The topological polar surface area (TPSA) is 133 Å². The zero-order valence-electron chi connectivity index (χ0n) is 18.1. The van der Waals surface area contributed by atoms with Crippen molar-refractivity contribution in [2.24, 2.45) is 7.05 Å². The van der Waals surface area contributed by atoms with Crippen LogP contribution in [0.2, 0.25) is 0 Å². The first-order valence-corrected chi connectivity index (χ1v) is 11.4. The number of methoxy groups -OCH3 is 1. The number of pyridine rings is 1. The van der Waals surface area contributed by atoms with Crippen molar-refractivity contribution < 1.29 is 31.1 Å². The second-order valence-electron chi connectivity index (χ2n) is 7.13. The van der Waals surface area contributed by atoms with E-state index in [1.165, 1.54) is 42.4 Å². The highest BCUT2D eigenvalue weighted by molar-refractivity contribution is 7.91. The van der Waals surface area contributed by atoms with Crippen LogP contribution in [-0.4, -0.2) is 62.9 Å². The monoisotopic (exact) mass is 497 g/mol. The molecule has 15 heteroatoms. The fraction of sp³-hybridized carbons (Fsp3) is 0.316. The predicted octanol–water partition coefficient (Wildman–Crippen LogP) is 2.08. The van der Waals surface area contributed by atoms with Gasteiger partial charge in [-0.15, -0.1) is 0 Å². The minimum absolute atomic E-state index is 0.0100. The summed E-state index contributed by atoms with van der Waals surface area (Å²) >= 11 is 0. The molecule has 0 aliphatic rings. The number of ether oxygens (including phenoxy) is 1. The van der Waals surface area contributed by atoms with Gasteiger partial charge in [-0.25, -0.2) is 23.4 Å². The summed E-state index contributed by atoms with van der Waals surface area (Å²) in [6, 6.07) is 2.26. The number of nitrogens with one attached hydrogen (secondary N) is 1. The van der Waals surface area contributed by atoms with E-state index in [4.69, 9.17) is 0 Å². The average molecular weight is 497 g/mol. The van der Waals surface area contributed by atoms with Gasteiger partial charge in [0.1, 0.15) is 29.4 Å². The van der Waals surface area contributed by atoms with Gasteiger partial charge >= 0.3 is 12.1 Å². The number of halogens is 3. The molecule has 180 valence electrons. The largest absolute Gasteiger partial charge is 0.468 e. The van der Waals surface area contributed by atoms with E-state index in [1.54, 1.807) is 0 Å². The molecule has 11 nitrogen and oxygen atoms in total. The van der Waals surface area contributed by atoms with E-state index >= 15 is 0 Å². The van der Waals surface area contributed by atoms with Crippen molar-refractivity contribution in [2.45, 2.75) is 18.1 Å². The van der Waals surface area contributed by atoms with E-state index in [0.717, 1.165) is 12.3 Å². The van der Waals surface area contributed by atoms with Crippen LogP contribution in [0.4, 0.5) is 19.0 Å². The van der Waals surface area contributed by atoms with E-state index in [9.17, 15) is 26.4 Å². The number of carbonyl (C=O) groups is 1.